The van der Waals surface area contributed by atoms with Crippen molar-refractivity contribution >= 4 is 21.6 Å². The fourth-order valence-electron chi connectivity index (χ4n) is 1.69. The Hall–Kier alpha value is -1.13. The maximum Gasteiger partial charge on any atom is 0.244 e. The minimum absolute atomic E-state index is 0.0615. The van der Waals surface area contributed by atoms with Crippen molar-refractivity contribution in [2.45, 2.75) is 18.7 Å². The molecule has 0 heterocycles. The van der Waals surface area contributed by atoms with Gasteiger partial charge in [0.15, 0.2) is 0 Å². The third-order valence-electron chi connectivity index (χ3n) is 2.95. The van der Waals surface area contributed by atoms with Crippen LogP contribution >= 0.6 is 11.6 Å². The molecule has 2 N–H and O–H groups in total. The van der Waals surface area contributed by atoms with Gasteiger partial charge in [0.05, 0.1) is 16.7 Å². The first-order valence-electron chi connectivity index (χ1n) is 6.00. The molecule has 1 aromatic rings. The molecule has 0 aliphatic carbocycles. The van der Waals surface area contributed by atoms with Gasteiger partial charge in [-0.05, 0) is 30.2 Å². The summed E-state index contributed by atoms with van der Waals surface area (Å²) in [7, 11) is -2.28. The Morgan fingerprint density at radius 3 is 2.55 bits per heavy atom. The van der Waals surface area contributed by atoms with E-state index in [4.69, 9.17) is 22.6 Å². The Morgan fingerprint density at radius 1 is 1.45 bits per heavy atom. The van der Waals surface area contributed by atoms with E-state index in [9.17, 15) is 8.42 Å². The predicted molar refractivity (Wildman–Crippen MR) is 78.8 cm³/mol. The van der Waals surface area contributed by atoms with Crippen LogP contribution < -0.4 is 5.73 Å². The Labute approximate surface area is 125 Å². The minimum Gasteiger partial charge on any atom is -0.330 e. The summed E-state index contributed by atoms with van der Waals surface area (Å²) in [6, 6.07) is 6.07. The summed E-state index contributed by atoms with van der Waals surface area (Å²) in [5, 5.41) is 8.96. The van der Waals surface area contributed by atoms with E-state index in [-0.39, 0.29) is 27.4 Å². The molecule has 0 atom stereocenters. The number of nitrogens with two attached hydrogens (primary N) is 1. The summed E-state index contributed by atoms with van der Waals surface area (Å²) in [5.74, 6) is 0. The topological polar surface area (TPSA) is 87.2 Å². The first-order chi connectivity index (χ1) is 9.14. The number of halogens is 1. The van der Waals surface area contributed by atoms with E-state index in [1.165, 1.54) is 29.6 Å². The summed E-state index contributed by atoms with van der Waals surface area (Å²) in [5.41, 5.74) is 5.52. The molecule has 0 bridgehead atoms. The minimum atomic E-state index is -3.75. The summed E-state index contributed by atoms with van der Waals surface area (Å²) in [6.45, 7) is 4.39. The van der Waals surface area contributed by atoms with E-state index >= 15 is 0 Å². The number of sulfonamides is 1. The van der Waals surface area contributed by atoms with Gasteiger partial charge in [-0.15, -0.1) is 0 Å². The molecule has 0 saturated carbocycles. The molecule has 0 unspecified atom stereocenters. The van der Waals surface area contributed by atoms with Crippen molar-refractivity contribution in [1.82, 2.24) is 4.31 Å². The van der Waals surface area contributed by atoms with E-state index in [1.807, 2.05) is 19.9 Å². The summed E-state index contributed by atoms with van der Waals surface area (Å²) in [4.78, 5) is -0.0615. The number of hydrogen-bond acceptors (Lipinski definition) is 4. The van der Waals surface area contributed by atoms with Crippen LogP contribution in [0.5, 0.6) is 0 Å². The van der Waals surface area contributed by atoms with E-state index in [0.717, 1.165) is 0 Å². The van der Waals surface area contributed by atoms with Gasteiger partial charge in [0.25, 0.3) is 0 Å². The second-order valence-corrected chi connectivity index (χ2v) is 7.81. The van der Waals surface area contributed by atoms with Crippen molar-refractivity contribution < 1.29 is 8.42 Å². The van der Waals surface area contributed by atoms with Crippen molar-refractivity contribution in [3.05, 3.63) is 28.8 Å². The average Bonchev–Trinajstić information content (AvgIpc) is 2.38. The van der Waals surface area contributed by atoms with Crippen molar-refractivity contribution in [2.24, 2.45) is 11.1 Å². The first kappa shape index (κ1) is 16.9. The van der Waals surface area contributed by atoms with Crippen LogP contribution in [0, 0.1) is 16.7 Å². The standard InChI is InChI=1S/C13H18ClN3O2S/c1-13(2,8-16)9-17(3)20(18,19)12-6-10(7-15)4-5-11(12)14/h4-6H,8-9,16H2,1-3H3. The normalized spacial score (nSPS) is 12.4. The van der Waals surface area contributed by atoms with E-state index in [2.05, 4.69) is 0 Å². The monoisotopic (exact) mass is 315 g/mol. The third kappa shape index (κ3) is 3.70. The van der Waals surface area contributed by atoms with Crippen LogP contribution in [0.3, 0.4) is 0 Å². The number of nitrogens with zero attached hydrogens (tertiary/aromatic N) is 2. The lowest BCUT2D eigenvalue weighted by atomic mass is 9.94. The quantitative estimate of drug-likeness (QED) is 0.897. The van der Waals surface area contributed by atoms with Crippen LogP contribution in [0.25, 0.3) is 0 Å². The molecular formula is C13H18ClN3O2S. The second kappa shape index (κ2) is 6.10. The molecule has 1 aromatic carbocycles. The predicted octanol–water partition coefficient (Wildman–Crippen LogP) is 1.82. The highest BCUT2D eigenvalue weighted by Crippen LogP contribution is 2.27. The molecule has 0 spiro atoms. The first-order valence-corrected chi connectivity index (χ1v) is 7.82. The molecule has 7 heteroatoms. The van der Waals surface area contributed by atoms with Gasteiger partial charge in [0.1, 0.15) is 4.90 Å². The van der Waals surface area contributed by atoms with Crippen LogP contribution in [0.4, 0.5) is 0 Å². The molecule has 0 aromatic heterocycles. The summed E-state index contributed by atoms with van der Waals surface area (Å²) < 4.78 is 26.2. The van der Waals surface area contributed by atoms with Gasteiger partial charge in [-0.2, -0.15) is 5.26 Å². The van der Waals surface area contributed by atoms with Crippen molar-refractivity contribution in [2.75, 3.05) is 20.1 Å². The Kier molecular flexibility index (Phi) is 5.16. The van der Waals surface area contributed by atoms with Crippen LogP contribution in [0.2, 0.25) is 5.02 Å². The van der Waals surface area contributed by atoms with Crippen LogP contribution in [-0.2, 0) is 10.0 Å². The Balaban J connectivity index is 3.21. The number of rotatable bonds is 5. The summed E-state index contributed by atoms with van der Waals surface area (Å²) in [6.07, 6.45) is 0. The molecule has 0 saturated heterocycles. The van der Waals surface area contributed by atoms with Gasteiger partial charge in [0, 0.05) is 13.6 Å². The number of nitriles is 1. The zero-order valence-corrected chi connectivity index (χ0v) is 13.3. The fraction of sp³-hybridized carbons (Fsp3) is 0.462. The lowest BCUT2D eigenvalue weighted by molar-refractivity contribution is 0.292. The molecule has 0 aliphatic heterocycles. The zero-order valence-electron chi connectivity index (χ0n) is 11.7. The molecule has 110 valence electrons. The lowest BCUT2D eigenvalue weighted by Crippen LogP contribution is -2.39. The SMILES string of the molecule is CN(CC(C)(C)CN)S(=O)(=O)c1cc(C#N)ccc1Cl. The molecule has 0 radical (unpaired) electrons. The smallest absolute Gasteiger partial charge is 0.244 e. The molecule has 0 fully saturated rings. The second-order valence-electron chi connectivity index (χ2n) is 5.39. The van der Waals surface area contributed by atoms with Crippen molar-refractivity contribution in [3.8, 4) is 6.07 Å². The highest BCUT2D eigenvalue weighted by molar-refractivity contribution is 7.89. The maximum atomic E-state index is 12.5. The molecular weight excluding hydrogens is 298 g/mol. The van der Waals surface area contributed by atoms with Gasteiger partial charge in [-0.25, -0.2) is 12.7 Å². The van der Waals surface area contributed by atoms with E-state index < -0.39 is 10.0 Å². The Morgan fingerprint density at radius 2 is 2.05 bits per heavy atom. The third-order valence-corrected chi connectivity index (χ3v) is 5.24. The zero-order chi connectivity index (χ0) is 15.6. The molecule has 0 aliphatic rings. The lowest BCUT2D eigenvalue weighted by Gasteiger charge is -2.28. The average molecular weight is 316 g/mol. The van der Waals surface area contributed by atoms with Crippen LogP contribution in [0.15, 0.2) is 23.1 Å². The Bertz CT molecular complexity index is 636. The summed E-state index contributed by atoms with van der Waals surface area (Å²) >= 11 is 5.95. The largest absolute Gasteiger partial charge is 0.330 e. The van der Waals surface area contributed by atoms with Gasteiger partial charge in [-0.1, -0.05) is 25.4 Å². The van der Waals surface area contributed by atoms with Gasteiger partial charge in [-0.3, -0.25) is 0 Å². The van der Waals surface area contributed by atoms with Crippen LogP contribution in [0.1, 0.15) is 19.4 Å². The highest BCUT2D eigenvalue weighted by Gasteiger charge is 2.28. The molecule has 5 nitrogen and oxygen atoms in total. The van der Waals surface area contributed by atoms with Crippen LogP contribution in [-0.4, -0.2) is 32.9 Å². The molecule has 1 rings (SSSR count). The number of hydrogen-bond donors (Lipinski definition) is 1. The molecule has 20 heavy (non-hydrogen) atoms. The van der Waals surface area contributed by atoms with Gasteiger partial charge in [0.2, 0.25) is 10.0 Å². The number of benzene rings is 1. The highest BCUT2D eigenvalue weighted by atomic mass is 35.5. The maximum absolute atomic E-state index is 12.5. The van der Waals surface area contributed by atoms with Crippen molar-refractivity contribution in [1.29, 1.82) is 5.26 Å². The molecule has 0 amide bonds. The van der Waals surface area contributed by atoms with Gasteiger partial charge < -0.3 is 5.73 Å². The van der Waals surface area contributed by atoms with E-state index in [1.54, 1.807) is 0 Å². The van der Waals surface area contributed by atoms with Crippen molar-refractivity contribution in [3.63, 3.8) is 0 Å². The van der Waals surface area contributed by atoms with Gasteiger partial charge >= 0.3 is 0 Å². The fourth-order valence-corrected chi connectivity index (χ4v) is 3.55. The van der Waals surface area contributed by atoms with E-state index in [0.29, 0.717) is 6.54 Å².